The van der Waals surface area contributed by atoms with Gasteiger partial charge in [0, 0.05) is 11.8 Å². The van der Waals surface area contributed by atoms with Gasteiger partial charge in [0.2, 0.25) is 0 Å². The Bertz CT molecular complexity index is 780. The Morgan fingerprint density at radius 2 is 1.68 bits per heavy atom. The van der Waals surface area contributed by atoms with Crippen LogP contribution in [0.25, 0.3) is 0 Å². The number of carbonyl (C=O) groups is 1. The highest BCUT2D eigenvalue weighted by Crippen LogP contribution is 2.19. The van der Waals surface area contributed by atoms with Gasteiger partial charge in [-0.3, -0.25) is 10.1 Å². The molecule has 0 unspecified atom stereocenters. The number of nitrogens with one attached hydrogen (secondary N) is 2. The van der Waals surface area contributed by atoms with Crippen molar-refractivity contribution in [2.45, 2.75) is 39.5 Å². The van der Waals surface area contributed by atoms with Crippen molar-refractivity contribution in [3.8, 4) is 11.5 Å². The smallest absolute Gasteiger partial charge is 0.261 e. The number of unbranched alkanes of at least 4 members (excludes halogenated alkanes) is 2. The van der Waals surface area contributed by atoms with E-state index in [1.54, 1.807) is 18.2 Å². The monoisotopic (exact) mass is 400 g/mol. The highest BCUT2D eigenvalue weighted by Gasteiger charge is 2.13. The minimum absolute atomic E-state index is 0.221. The van der Waals surface area contributed by atoms with E-state index < -0.39 is 0 Å². The van der Waals surface area contributed by atoms with Crippen LogP contribution >= 0.6 is 12.2 Å². The fourth-order valence-electron chi connectivity index (χ4n) is 2.44. The van der Waals surface area contributed by atoms with Gasteiger partial charge in [-0.15, -0.1) is 0 Å². The topological polar surface area (TPSA) is 59.6 Å². The van der Waals surface area contributed by atoms with Gasteiger partial charge >= 0.3 is 0 Å². The Morgan fingerprint density at radius 1 is 0.964 bits per heavy atom. The standard InChI is InChI=1S/C22H28N2O3S/c1-3-5-14-26-18-11-9-10-17(16-18)23-22(28)24-21(25)19-12-7-8-13-20(19)27-15-6-4-2/h7-13,16H,3-6,14-15H2,1-2H3,(H2,23,24,25,28). The number of rotatable bonds is 10. The molecule has 0 radical (unpaired) electrons. The van der Waals surface area contributed by atoms with Gasteiger partial charge < -0.3 is 14.8 Å². The average molecular weight is 401 g/mol. The van der Waals surface area contributed by atoms with Crippen LogP contribution in [0.2, 0.25) is 0 Å². The third kappa shape index (κ3) is 7.19. The van der Waals surface area contributed by atoms with Crippen LogP contribution in [0.15, 0.2) is 48.5 Å². The molecule has 28 heavy (non-hydrogen) atoms. The second-order valence-electron chi connectivity index (χ2n) is 6.34. The van der Waals surface area contributed by atoms with E-state index in [9.17, 15) is 4.79 Å². The summed E-state index contributed by atoms with van der Waals surface area (Å²) in [5.74, 6) is 1.02. The first-order valence-electron chi connectivity index (χ1n) is 9.71. The van der Waals surface area contributed by atoms with E-state index in [0.29, 0.717) is 24.5 Å². The van der Waals surface area contributed by atoms with Gasteiger partial charge in [0.25, 0.3) is 5.91 Å². The highest BCUT2D eigenvalue weighted by molar-refractivity contribution is 7.80. The molecule has 0 atom stereocenters. The number of benzene rings is 2. The lowest BCUT2D eigenvalue weighted by molar-refractivity contribution is 0.0973. The maximum Gasteiger partial charge on any atom is 0.261 e. The molecular formula is C22H28N2O3S. The molecule has 0 fully saturated rings. The van der Waals surface area contributed by atoms with Gasteiger partial charge in [-0.2, -0.15) is 0 Å². The number of hydrogen-bond donors (Lipinski definition) is 2. The summed E-state index contributed by atoms with van der Waals surface area (Å²) in [5, 5.41) is 5.95. The molecule has 6 heteroatoms. The number of anilines is 1. The summed E-state index contributed by atoms with van der Waals surface area (Å²) < 4.78 is 11.4. The maximum absolute atomic E-state index is 12.6. The molecular weight excluding hydrogens is 372 g/mol. The molecule has 0 aromatic heterocycles. The van der Waals surface area contributed by atoms with Crippen LogP contribution in [0.1, 0.15) is 49.9 Å². The molecule has 0 spiro atoms. The molecule has 0 aliphatic rings. The zero-order valence-corrected chi connectivity index (χ0v) is 17.3. The van der Waals surface area contributed by atoms with E-state index in [0.717, 1.165) is 37.1 Å². The van der Waals surface area contributed by atoms with E-state index in [-0.39, 0.29) is 11.0 Å². The lowest BCUT2D eigenvalue weighted by atomic mass is 10.2. The van der Waals surface area contributed by atoms with E-state index in [4.69, 9.17) is 21.7 Å². The van der Waals surface area contributed by atoms with Gasteiger partial charge in [-0.05, 0) is 49.3 Å². The number of ether oxygens (including phenoxy) is 2. The van der Waals surface area contributed by atoms with Crippen LogP contribution in [-0.2, 0) is 0 Å². The van der Waals surface area contributed by atoms with E-state index in [1.165, 1.54) is 0 Å². The van der Waals surface area contributed by atoms with Crippen LogP contribution in [-0.4, -0.2) is 24.2 Å². The minimum atomic E-state index is -0.306. The van der Waals surface area contributed by atoms with Crippen molar-refractivity contribution < 1.29 is 14.3 Å². The summed E-state index contributed by atoms with van der Waals surface area (Å²) in [6.07, 6.45) is 4.06. The minimum Gasteiger partial charge on any atom is -0.494 e. The van der Waals surface area contributed by atoms with Gasteiger partial charge in [0.05, 0.1) is 18.8 Å². The fraction of sp³-hybridized carbons (Fsp3) is 0.364. The summed E-state index contributed by atoms with van der Waals surface area (Å²) in [6.45, 7) is 5.47. The van der Waals surface area contributed by atoms with Gasteiger partial charge in [-0.1, -0.05) is 44.9 Å². The number of hydrogen-bond acceptors (Lipinski definition) is 4. The van der Waals surface area contributed by atoms with Crippen LogP contribution in [0, 0.1) is 0 Å². The second kappa shape index (κ2) is 12.0. The van der Waals surface area contributed by atoms with Gasteiger partial charge in [0.15, 0.2) is 5.11 Å². The lowest BCUT2D eigenvalue weighted by Crippen LogP contribution is -2.34. The first-order chi connectivity index (χ1) is 13.6. The second-order valence-corrected chi connectivity index (χ2v) is 6.74. The molecule has 1 amide bonds. The molecule has 2 N–H and O–H groups in total. The van der Waals surface area contributed by atoms with Crippen molar-refractivity contribution in [3.05, 3.63) is 54.1 Å². The first-order valence-corrected chi connectivity index (χ1v) is 10.1. The lowest BCUT2D eigenvalue weighted by Gasteiger charge is -2.13. The van der Waals surface area contributed by atoms with Gasteiger partial charge in [0.1, 0.15) is 11.5 Å². The molecule has 2 aromatic rings. The Balaban J connectivity index is 1.94. The largest absolute Gasteiger partial charge is 0.494 e. The molecule has 0 saturated heterocycles. The van der Waals surface area contributed by atoms with E-state index in [1.807, 2.05) is 30.3 Å². The van der Waals surface area contributed by atoms with Crippen LogP contribution in [0.5, 0.6) is 11.5 Å². The van der Waals surface area contributed by atoms with Crippen molar-refractivity contribution >= 4 is 28.9 Å². The number of amides is 1. The molecule has 2 rings (SSSR count). The van der Waals surface area contributed by atoms with Crippen molar-refractivity contribution in [1.82, 2.24) is 5.32 Å². The van der Waals surface area contributed by atoms with Crippen molar-refractivity contribution in [3.63, 3.8) is 0 Å². The Kier molecular flexibility index (Phi) is 9.28. The number of thiocarbonyl (C=S) groups is 1. The van der Waals surface area contributed by atoms with Gasteiger partial charge in [-0.25, -0.2) is 0 Å². The number of para-hydroxylation sites is 1. The van der Waals surface area contributed by atoms with Crippen LogP contribution in [0.4, 0.5) is 5.69 Å². The molecule has 0 aliphatic carbocycles. The molecule has 0 heterocycles. The predicted octanol–water partition coefficient (Wildman–Crippen LogP) is 5.17. The van der Waals surface area contributed by atoms with Crippen LogP contribution in [0.3, 0.4) is 0 Å². The normalized spacial score (nSPS) is 10.2. The SMILES string of the molecule is CCCCOc1cccc(NC(=S)NC(=O)c2ccccc2OCCCC)c1. The zero-order chi connectivity index (χ0) is 20.2. The summed E-state index contributed by atoms with van der Waals surface area (Å²) in [6, 6.07) is 14.7. The molecule has 5 nitrogen and oxygen atoms in total. The highest BCUT2D eigenvalue weighted by atomic mass is 32.1. The molecule has 0 saturated carbocycles. The molecule has 0 aliphatic heterocycles. The molecule has 2 aromatic carbocycles. The Hall–Kier alpha value is -2.60. The summed E-state index contributed by atoms with van der Waals surface area (Å²) in [5.41, 5.74) is 1.21. The summed E-state index contributed by atoms with van der Waals surface area (Å²) in [4.78, 5) is 12.6. The van der Waals surface area contributed by atoms with Crippen LogP contribution < -0.4 is 20.1 Å². The van der Waals surface area contributed by atoms with Crippen molar-refractivity contribution in [2.75, 3.05) is 18.5 Å². The molecule has 0 bridgehead atoms. The van der Waals surface area contributed by atoms with Crippen molar-refractivity contribution in [2.24, 2.45) is 0 Å². The molecule has 150 valence electrons. The third-order valence-electron chi connectivity index (χ3n) is 3.97. The summed E-state index contributed by atoms with van der Waals surface area (Å²) in [7, 11) is 0. The predicted molar refractivity (Wildman–Crippen MR) is 117 cm³/mol. The average Bonchev–Trinajstić information content (AvgIpc) is 2.69. The van der Waals surface area contributed by atoms with E-state index in [2.05, 4.69) is 24.5 Å². The summed E-state index contributed by atoms with van der Waals surface area (Å²) >= 11 is 5.29. The zero-order valence-electron chi connectivity index (χ0n) is 16.5. The Morgan fingerprint density at radius 3 is 2.43 bits per heavy atom. The van der Waals surface area contributed by atoms with E-state index >= 15 is 0 Å². The quantitative estimate of drug-likeness (QED) is 0.425. The first kappa shape index (κ1) is 21.7. The fourth-order valence-corrected chi connectivity index (χ4v) is 2.65. The number of carbonyl (C=O) groups excluding carboxylic acids is 1. The Labute approximate surface area is 172 Å². The van der Waals surface area contributed by atoms with Crippen molar-refractivity contribution in [1.29, 1.82) is 0 Å². The maximum atomic E-state index is 12.6. The third-order valence-corrected chi connectivity index (χ3v) is 4.18.